The number of likely N-dealkylation sites (N-methyl/N-ethyl adjacent to an activating group) is 1. The fourth-order valence-corrected chi connectivity index (χ4v) is 5.27. The first kappa shape index (κ1) is 28.0. The van der Waals surface area contributed by atoms with Gasteiger partial charge in [-0.15, -0.1) is 0 Å². The molecule has 2 fully saturated rings. The zero-order chi connectivity index (χ0) is 27.2. The first-order chi connectivity index (χ1) is 17.2. The molecule has 1 N–H and O–H groups in total. The topological polar surface area (TPSA) is 50.8 Å². The quantitative estimate of drug-likeness (QED) is 0.505. The highest BCUT2D eigenvalue weighted by molar-refractivity contribution is 6.62. The molecule has 4 rings (SSSR count). The second-order valence-corrected chi connectivity index (χ2v) is 11.3. The lowest BCUT2D eigenvalue weighted by Crippen LogP contribution is -2.47. The molecule has 2 aromatic carbocycles. The van der Waals surface area contributed by atoms with Crippen LogP contribution in [0.2, 0.25) is 5.02 Å². The van der Waals surface area contributed by atoms with E-state index in [1.807, 2.05) is 59.0 Å². The highest BCUT2D eigenvalue weighted by Gasteiger charge is 2.51. The molecule has 37 heavy (non-hydrogen) atoms. The summed E-state index contributed by atoms with van der Waals surface area (Å²) in [4.78, 5) is 15.5. The number of benzene rings is 2. The van der Waals surface area contributed by atoms with Gasteiger partial charge >= 0.3 is 13.3 Å². The van der Waals surface area contributed by atoms with E-state index >= 15 is 0 Å². The number of hydrogen-bond donors (Lipinski definition) is 1. The van der Waals surface area contributed by atoms with Crippen LogP contribution in [0, 0.1) is 0 Å². The summed E-state index contributed by atoms with van der Waals surface area (Å²) in [6, 6.07) is 10.5. The number of piperidine rings is 1. The predicted octanol–water partition coefficient (Wildman–Crippen LogP) is 5.61. The minimum atomic E-state index is -4.66. The molecule has 200 valence electrons. The first-order valence-corrected chi connectivity index (χ1v) is 12.9. The SMILES string of the molecule is CN1CCCC[C@H]1C(NC(=O)c1cccc(C(F)(F)F)c1Cl)c1cccc(B2OC(C)(C)C(C)(C)O2)c1. The van der Waals surface area contributed by atoms with Crippen LogP contribution in [0.3, 0.4) is 0 Å². The van der Waals surface area contributed by atoms with Gasteiger partial charge in [0, 0.05) is 6.04 Å². The molecule has 2 aliphatic heterocycles. The lowest BCUT2D eigenvalue weighted by molar-refractivity contribution is -0.137. The third-order valence-corrected chi connectivity index (χ3v) is 8.25. The van der Waals surface area contributed by atoms with Crippen LogP contribution in [0.15, 0.2) is 42.5 Å². The molecule has 0 saturated carbocycles. The maximum atomic E-state index is 13.4. The molecule has 0 radical (unpaired) electrons. The summed E-state index contributed by atoms with van der Waals surface area (Å²) < 4.78 is 52.7. The lowest BCUT2D eigenvalue weighted by Gasteiger charge is -2.39. The van der Waals surface area contributed by atoms with E-state index in [1.165, 1.54) is 12.1 Å². The van der Waals surface area contributed by atoms with Crippen molar-refractivity contribution in [1.29, 1.82) is 0 Å². The number of amides is 1. The summed E-state index contributed by atoms with van der Waals surface area (Å²) in [5.41, 5.74) is -0.623. The Kier molecular flexibility index (Phi) is 7.74. The summed E-state index contributed by atoms with van der Waals surface area (Å²) in [5, 5.41) is 2.40. The van der Waals surface area contributed by atoms with Crippen molar-refractivity contribution in [1.82, 2.24) is 10.2 Å². The number of alkyl halides is 3. The van der Waals surface area contributed by atoms with Crippen molar-refractivity contribution in [2.24, 2.45) is 0 Å². The molecule has 10 heteroatoms. The molecule has 0 bridgehead atoms. The van der Waals surface area contributed by atoms with Gasteiger partial charge in [-0.2, -0.15) is 13.2 Å². The van der Waals surface area contributed by atoms with Gasteiger partial charge in [0.25, 0.3) is 5.91 Å². The molecule has 1 unspecified atom stereocenters. The standard InChI is InChI=1S/C27H33BClF3N2O3/c1-25(2)26(3,4)37-28(36-25)18-11-8-10-17(16-18)23(21-14-6-7-15-34(21)5)33-24(35)19-12-9-13-20(22(19)29)27(30,31)32/h8-13,16,21,23H,6-7,14-15H2,1-5H3,(H,33,35)/t21-,23?/m0/s1. The van der Waals surface area contributed by atoms with E-state index in [-0.39, 0.29) is 11.6 Å². The van der Waals surface area contributed by atoms with Gasteiger partial charge in [-0.1, -0.05) is 48.4 Å². The number of halogens is 4. The highest BCUT2D eigenvalue weighted by Crippen LogP contribution is 2.38. The number of carbonyl (C=O) groups excluding carboxylic acids is 1. The van der Waals surface area contributed by atoms with Crippen LogP contribution in [0.25, 0.3) is 0 Å². The Hall–Kier alpha value is -2.07. The number of hydrogen-bond acceptors (Lipinski definition) is 4. The Labute approximate surface area is 221 Å². The van der Waals surface area contributed by atoms with Crippen molar-refractivity contribution in [3.05, 3.63) is 64.2 Å². The summed E-state index contributed by atoms with van der Waals surface area (Å²) in [5.74, 6) is -0.652. The molecule has 2 aliphatic rings. The van der Waals surface area contributed by atoms with Crippen molar-refractivity contribution in [3.63, 3.8) is 0 Å². The normalized spacial score (nSPS) is 22.6. The van der Waals surface area contributed by atoms with Crippen LogP contribution < -0.4 is 10.8 Å². The van der Waals surface area contributed by atoms with E-state index in [9.17, 15) is 18.0 Å². The fraction of sp³-hybridized carbons (Fsp3) is 0.519. The molecule has 5 nitrogen and oxygen atoms in total. The zero-order valence-electron chi connectivity index (χ0n) is 21.8. The third-order valence-electron chi connectivity index (χ3n) is 7.84. The van der Waals surface area contributed by atoms with Gasteiger partial charge in [-0.3, -0.25) is 4.79 Å². The number of rotatable bonds is 5. The molecule has 2 saturated heterocycles. The summed E-state index contributed by atoms with van der Waals surface area (Å²) >= 11 is 6.07. The largest absolute Gasteiger partial charge is 0.494 e. The molecular formula is C27H33BClF3N2O3. The van der Waals surface area contributed by atoms with Crippen LogP contribution in [0.5, 0.6) is 0 Å². The van der Waals surface area contributed by atoms with Crippen LogP contribution in [-0.2, 0) is 15.5 Å². The number of carbonyl (C=O) groups is 1. The molecule has 0 aliphatic carbocycles. The number of likely N-dealkylation sites (tertiary alicyclic amines) is 1. The van der Waals surface area contributed by atoms with Gasteiger partial charge in [-0.05, 0) is 77.3 Å². The van der Waals surface area contributed by atoms with Gasteiger partial charge in [0.1, 0.15) is 0 Å². The number of nitrogens with one attached hydrogen (secondary N) is 1. The fourth-order valence-electron chi connectivity index (χ4n) is 4.95. The Morgan fingerprint density at radius 1 is 1.11 bits per heavy atom. The molecule has 0 aromatic heterocycles. The maximum Gasteiger partial charge on any atom is 0.494 e. The molecule has 2 heterocycles. The zero-order valence-corrected chi connectivity index (χ0v) is 22.5. The maximum absolute atomic E-state index is 13.4. The minimum Gasteiger partial charge on any atom is -0.399 e. The molecular weight excluding hydrogens is 504 g/mol. The lowest BCUT2D eigenvalue weighted by atomic mass is 9.77. The van der Waals surface area contributed by atoms with Crippen molar-refractivity contribution in [2.45, 2.75) is 76.4 Å². The van der Waals surface area contributed by atoms with Crippen molar-refractivity contribution >= 4 is 30.1 Å². The van der Waals surface area contributed by atoms with Crippen LogP contribution >= 0.6 is 11.6 Å². The van der Waals surface area contributed by atoms with Crippen molar-refractivity contribution in [2.75, 3.05) is 13.6 Å². The Morgan fingerprint density at radius 2 is 1.76 bits per heavy atom. The Bertz CT molecular complexity index is 1140. The average Bonchev–Trinajstić information content (AvgIpc) is 3.04. The average molecular weight is 537 g/mol. The highest BCUT2D eigenvalue weighted by atomic mass is 35.5. The predicted molar refractivity (Wildman–Crippen MR) is 139 cm³/mol. The Morgan fingerprint density at radius 3 is 2.38 bits per heavy atom. The smallest absolute Gasteiger partial charge is 0.399 e. The van der Waals surface area contributed by atoms with Crippen LogP contribution in [-0.4, -0.2) is 48.8 Å². The van der Waals surface area contributed by atoms with E-state index in [2.05, 4.69) is 10.2 Å². The van der Waals surface area contributed by atoms with Gasteiger partial charge in [0.05, 0.1) is 33.4 Å². The van der Waals surface area contributed by atoms with Crippen LogP contribution in [0.4, 0.5) is 13.2 Å². The van der Waals surface area contributed by atoms with E-state index in [4.69, 9.17) is 20.9 Å². The minimum absolute atomic E-state index is 0.0455. The number of nitrogens with zero attached hydrogens (tertiary/aromatic N) is 1. The van der Waals surface area contributed by atoms with E-state index < -0.39 is 47.0 Å². The van der Waals surface area contributed by atoms with E-state index in [1.54, 1.807) is 0 Å². The molecule has 2 aromatic rings. The monoisotopic (exact) mass is 536 g/mol. The summed E-state index contributed by atoms with van der Waals surface area (Å²) in [7, 11) is 1.42. The van der Waals surface area contributed by atoms with E-state index in [0.29, 0.717) is 0 Å². The van der Waals surface area contributed by atoms with Crippen molar-refractivity contribution in [3.8, 4) is 0 Å². The second kappa shape index (κ2) is 10.2. The van der Waals surface area contributed by atoms with Gasteiger partial charge in [0.15, 0.2) is 0 Å². The first-order valence-electron chi connectivity index (χ1n) is 12.5. The second-order valence-electron chi connectivity index (χ2n) is 10.9. The Balaban J connectivity index is 1.68. The van der Waals surface area contributed by atoms with Gasteiger partial charge in [-0.25, -0.2) is 0 Å². The third kappa shape index (κ3) is 5.70. The van der Waals surface area contributed by atoms with E-state index in [0.717, 1.165) is 42.9 Å². The van der Waals surface area contributed by atoms with Crippen molar-refractivity contribution < 1.29 is 27.3 Å². The summed E-state index contributed by atoms with van der Waals surface area (Å²) in [6.45, 7) is 8.79. The summed E-state index contributed by atoms with van der Waals surface area (Å²) in [6.07, 6.45) is -1.80. The molecule has 1 amide bonds. The van der Waals surface area contributed by atoms with Crippen LogP contribution in [0.1, 0.15) is 74.5 Å². The van der Waals surface area contributed by atoms with Gasteiger partial charge in [0.2, 0.25) is 0 Å². The van der Waals surface area contributed by atoms with Gasteiger partial charge < -0.3 is 19.5 Å². The molecule has 2 atom stereocenters. The molecule has 0 spiro atoms.